The second-order valence-corrected chi connectivity index (χ2v) is 11.7. The van der Waals surface area contributed by atoms with Crippen LogP contribution in [0.25, 0.3) is 0 Å². The van der Waals surface area contributed by atoms with E-state index in [2.05, 4.69) is 10.6 Å². The van der Waals surface area contributed by atoms with Crippen molar-refractivity contribution in [3.05, 3.63) is 47.5 Å². The van der Waals surface area contributed by atoms with Crippen LogP contribution in [0.1, 0.15) is 25.7 Å². The lowest BCUT2D eigenvalue weighted by Gasteiger charge is -2.26. The van der Waals surface area contributed by atoms with Gasteiger partial charge in [-0.3, -0.25) is 14.4 Å². The molecule has 0 aromatic heterocycles. The number of para-hydroxylation sites is 1. The number of halogens is 1. The maximum absolute atomic E-state index is 12.9. The van der Waals surface area contributed by atoms with Crippen molar-refractivity contribution in [2.24, 2.45) is 0 Å². The number of fused-ring (bicyclic) bond motifs is 1. The summed E-state index contributed by atoms with van der Waals surface area (Å²) in [5.41, 5.74) is 0.789. The van der Waals surface area contributed by atoms with Crippen molar-refractivity contribution in [2.45, 2.75) is 40.7 Å². The molecule has 0 bridgehead atoms. The Morgan fingerprint density at radius 2 is 1.89 bits per heavy atom. The van der Waals surface area contributed by atoms with E-state index in [0.717, 1.165) is 24.2 Å². The van der Waals surface area contributed by atoms with Gasteiger partial charge in [0, 0.05) is 18.0 Å². The maximum Gasteiger partial charge on any atom is 0.307 e. The summed E-state index contributed by atoms with van der Waals surface area (Å²) >= 11 is 7.40. The lowest BCUT2D eigenvalue weighted by molar-refractivity contribution is -0.147. The minimum absolute atomic E-state index is 0.0247. The molecule has 1 atom stereocenters. The highest BCUT2D eigenvalue weighted by Gasteiger charge is 2.30. The van der Waals surface area contributed by atoms with Crippen LogP contribution in [0.15, 0.2) is 52.3 Å². The first-order valence-corrected chi connectivity index (χ1v) is 13.8. The van der Waals surface area contributed by atoms with Crippen LogP contribution >= 0.6 is 23.4 Å². The van der Waals surface area contributed by atoms with Crippen LogP contribution in [-0.2, 0) is 29.1 Å². The molecule has 1 saturated heterocycles. The molecule has 2 aliphatic heterocycles. The minimum Gasteiger partial charge on any atom is -0.456 e. The fourth-order valence-corrected chi connectivity index (χ4v) is 6.59. The lowest BCUT2D eigenvalue weighted by atomic mass is 10.2. The molecule has 2 aliphatic rings. The Labute approximate surface area is 212 Å². The van der Waals surface area contributed by atoms with Crippen LogP contribution < -0.4 is 10.6 Å². The van der Waals surface area contributed by atoms with E-state index in [-0.39, 0.29) is 27.9 Å². The molecule has 2 aromatic carbocycles. The average molecular weight is 538 g/mol. The normalized spacial score (nSPS) is 18.3. The first-order valence-electron chi connectivity index (χ1n) is 11.1. The highest BCUT2D eigenvalue weighted by atomic mass is 35.5. The fraction of sp³-hybridized carbons (Fsp3) is 0.348. The molecule has 186 valence electrons. The van der Waals surface area contributed by atoms with Gasteiger partial charge in [0.25, 0.3) is 5.91 Å². The number of carbonyl (C=O) groups excluding carboxylic acids is 3. The third-order valence-electron chi connectivity index (χ3n) is 5.59. The van der Waals surface area contributed by atoms with E-state index in [4.69, 9.17) is 16.3 Å². The van der Waals surface area contributed by atoms with Crippen LogP contribution in [0, 0.1) is 0 Å². The van der Waals surface area contributed by atoms with Gasteiger partial charge in [0.1, 0.15) is 0 Å². The second kappa shape index (κ2) is 11.0. The number of nitrogens with one attached hydrogen (secondary N) is 2. The molecule has 2 heterocycles. The molecule has 1 fully saturated rings. The summed E-state index contributed by atoms with van der Waals surface area (Å²) in [7, 11) is -3.71. The number of thioether (sulfide) groups is 1. The van der Waals surface area contributed by atoms with E-state index in [1.165, 1.54) is 34.3 Å². The Balaban J connectivity index is 1.33. The molecule has 4 rings (SSSR count). The summed E-state index contributed by atoms with van der Waals surface area (Å²) in [4.78, 5) is 37.7. The number of ether oxygens (including phenoxy) is 1. The maximum atomic E-state index is 12.9. The number of rotatable bonds is 7. The van der Waals surface area contributed by atoms with Gasteiger partial charge in [-0.15, -0.1) is 11.8 Å². The van der Waals surface area contributed by atoms with Crippen LogP contribution in [-0.4, -0.2) is 55.5 Å². The Morgan fingerprint density at radius 1 is 1.14 bits per heavy atom. The van der Waals surface area contributed by atoms with Gasteiger partial charge in [-0.25, -0.2) is 8.42 Å². The Morgan fingerprint density at radius 3 is 2.66 bits per heavy atom. The number of carbonyl (C=O) groups is 3. The zero-order chi connectivity index (χ0) is 25.0. The average Bonchev–Trinajstić information content (AvgIpc) is 2.85. The van der Waals surface area contributed by atoms with Crippen molar-refractivity contribution in [2.75, 3.05) is 30.3 Å². The van der Waals surface area contributed by atoms with Gasteiger partial charge in [-0.05, 0) is 43.2 Å². The predicted octanol–water partition coefficient (Wildman–Crippen LogP) is 3.50. The van der Waals surface area contributed by atoms with Crippen LogP contribution in [0.5, 0.6) is 0 Å². The molecule has 0 spiro atoms. The molecular weight excluding hydrogens is 514 g/mol. The molecule has 0 saturated carbocycles. The molecular formula is C23H24ClN3O6S2. The van der Waals surface area contributed by atoms with Gasteiger partial charge in [0.2, 0.25) is 15.9 Å². The molecule has 2 N–H and O–H groups in total. The summed E-state index contributed by atoms with van der Waals surface area (Å²) in [5.74, 6) is -1.70. The summed E-state index contributed by atoms with van der Waals surface area (Å²) in [6.07, 6.45) is 2.39. The van der Waals surface area contributed by atoms with Gasteiger partial charge in [-0.1, -0.05) is 30.2 Å². The number of sulfonamides is 1. The molecule has 0 radical (unpaired) electrons. The van der Waals surface area contributed by atoms with Gasteiger partial charge < -0.3 is 15.4 Å². The third-order valence-corrected chi connectivity index (χ3v) is 9.09. The van der Waals surface area contributed by atoms with E-state index < -0.39 is 33.8 Å². The number of hydrogen-bond acceptors (Lipinski definition) is 7. The molecule has 12 heteroatoms. The van der Waals surface area contributed by atoms with Gasteiger partial charge >= 0.3 is 5.97 Å². The summed E-state index contributed by atoms with van der Waals surface area (Å²) in [6, 6.07) is 11.3. The summed E-state index contributed by atoms with van der Waals surface area (Å²) in [6.45, 7) is 0.296. The Hall–Kier alpha value is -2.60. The van der Waals surface area contributed by atoms with Crippen molar-refractivity contribution in [3.63, 3.8) is 0 Å². The van der Waals surface area contributed by atoms with Crippen LogP contribution in [0.4, 0.5) is 11.4 Å². The standard InChI is InChI=1S/C23H24ClN3O6S2/c24-16-9-8-15(35(31,32)27-10-4-1-5-11-27)12-18(16)25-21(28)14-33-22(29)13-20-23(30)26-17-6-2-3-7-19(17)34-20/h2-3,6-9,12,20H,1,4-5,10-11,13-14H2,(H,25,28)(H,26,30)/t20-/m1/s1. The first kappa shape index (κ1) is 25.5. The van der Waals surface area contributed by atoms with E-state index in [9.17, 15) is 22.8 Å². The summed E-state index contributed by atoms with van der Waals surface area (Å²) in [5, 5.41) is 4.71. The molecule has 0 aliphatic carbocycles. The molecule has 9 nitrogen and oxygen atoms in total. The Kier molecular flexibility index (Phi) is 8.00. The molecule has 35 heavy (non-hydrogen) atoms. The topological polar surface area (TPSA) is 122 Å². The molecule has 2 aromatic rings. The number of amides is 2. The predicted molar refractivity (Wildman–Crippen MR) is 133 cm³/mol. The van der Waals surface area contributed by atoms with E-state index >= 15 is 0 Å². The van der Waals surface area contributed by atoms with Crippen LogP contribution in [0.3, 0.4) is 0 Å². The monoisotopic (exact) mass is 537 g/mol. The number of benzene rings is 2. The molecule has 0 unspecified atom stereocenters. The fourth-order valence-electron chi connectivity index (χ4n) is 3.78. The van der Waals surface area contributed by atoms with Gasteiger partial charge in [0.05, 0.1) is 33.0 Å². The van der Waals surface area contributed by atoms with Crippen LogP contribution in [0.2, 0.25) is 5.02 Å². The number of esters is 1. The van der Waals surface area contributed by atoms with E-state index in [1.807, 2.05) is 12.1 Å². The van der Waals surface area contributed by atoms with Crippen molar-refractivity contribution < 1.29 is 27.5 Å². The van der Waals surface area contributed by atoms with Crippen molar-refractivity contribution in [1.29, 1.82) is 0 Å². The molecule has 2 amide bonds. The number of anilines is 2. The SMILES string of the molecule is O=C(COC(=O)C[C@H]1Sc2ccccc2NC1=O)Nc1cc(S(=O)(=O)N2CCCCC2)ccc1Cl. The van der Waals surface area contributed by atoms with Gasteiger partial charge in [-0.2, -0.15) is 4.31 Å². The van der Waals surface area contributed by atoms with Crippen molar-refractivity contribution >= 4 is 62.5 Å². The zero-order valence-electron chi connectivity index (χ0n) is 18.7. The van der Waals surface area contributed by atoms with Crippen molar-refractivity contribution in [3.8, 4) is 0 Å². The zero-order valence-corrected chi connectivity index (χ0v) is 21.0. The van der Waals surface area contributed by atoms with E-state index in [1.54, 1.807) is 12.1 Å². The summed E-state index contributed by atoms with van der Waals surface area (Å²) < 4.78 is 32.3. The minimum atomic E-state index is -3.71. The third kappa shape index (κ3) is 6.16. The smallest absolute Gasteiger partial charge is 0.307 e. The lowest BCUT2D eigenvalue weighted by Crippen LogP contribution is -2.35. The quantitative estimate of drug-likeness (QED) is 0.518. The number of piperidine rings is 1. The first-order chi connectivity index (χ1) is 16.7. The highest BCUT2D eigenvalue weighted by molar-refractivity contribution is 8.01. The number of nitrogens with zero attached hydrogens (tertiary/aromatic N) is 1. The second-order valence-electron chi connectivity index (χ2n) is 8.11. The van der Waals surface area contributed by atoms with Crippen molar-refractivity contribution in [1.82, 2.24) is 4.31 Å². The van der Waals surface area contributed by atoms with E-state index in [0.29, 0.717) is 18.8 Å². The number of hydrogen-bond donors (Lipinski definition) is 2. The Bertz CT molecular complexity index is 1250. The van der Waals surface area contributed by atoms with Gasteiger partial charge in [0.15, 0.2) is 6.61 Å². The largest absolute Gasteiger partial charge is 0.456 e. The highest BCUT2D eigenvalue weighted by Crippen LogP contribution is 2.36.